The smallest absolute Gasteiger partial charge is 0.336 e. The zero-order chi connectivity index (χ0) is 16.4. The number of rotatable bonds is 4. The van der Waals surface area contributed by atoms with Crippen LogP contribution in [0.5, 0.6) is 5.75 Å². The maximum atomic E-state index is 12.4. The summed E-state index contributed by atoms with van der Waals surface area (Å²) < 4.78 is 0. The lowest BCUT2D eigenvalue weighted by atomic mass is 9.96. The number of benzene rings is 2. The largest absolute Gasteiger partial charge is 0.507 e. The zero-order valence-corrected chi connectivity index (χ0v) is 11.1. The molecular weight excluding hydrogens is 290 g/mol. The second-order valence-corrected chi connectivity index (χ2v) is 4.48. The van der Waals surface area contributed by atoms with Crippen molar-refractivity contribution in [3.05, 3.63) is 58.7 Å². The Hall–Kier alpha value is -3.35. The number of carbonyl (C=O) groups excluding carboxylic acids is 1. The van der Waals surface area contributed by atoms with Gasteiger partial charge in [-0.15, -0.1) is 0 Å². The maximum absolute atomic E-state index is 12.4. The number of ketones is 1. The number of carbonyl (C=O) groups is 3. The van der Waals surface area contributed by atoms with Crippen LogP contribution < -0.4 is 5.73 Å². The monoisotopic (exact) mass is 301 g/mol. The molecular formula is C15H11NO6. The van der Waals surface area contributed by atoms with E-state index >= 15 is 0 Å². The summed E-state index contributed by atoms with van der Waals surface area (Å²) >= 11 is 0. The highest BCUT2D eigenvalue weighted by Gasteiger charge is 2.22. The van der Waals surface area contributed by atoms with Crippen molar-refractivity contribution in [3.8, 4) is 5.75 Å². The Labute approximate surface area is 124 Å². The molecule has 0 atom stereocenters. The Morgan fingerprint density at radius 2 is 1.45 bits per heavy atom. The van der Waals surface area contributed by atoms with Crippen LogP contribution in [0, 0.1) is 0 Å². The van der Waals surface area contributed by atoms with E-state index < -0.39 is 23.3 Å². The van der Waals surface area contributed by atoms with Gasteiger partial charge in [0.05, 0.1) is 16.7 Å². The minimum atomic E-state index is -1.44. The molecule has 0 fully saturated rings. The average Bonchev–Trinajstić information content (AvgIpc) is 2.45. The van der Waals surface area contributed by atoms with Gasteiger partial charge in [-0.05, 0) is 30.3 Å². The number of aromatic carboxylic acids is 2. The highest BCUT2D eigenvalue weighted by molar-refractivity contribution is 6.16. The lowest BCUT2D eigenvalue weighted by molar-refractivity contribution is 0.0692. The van der Waals surface area contributed by atoms with Gasteiger partial charge in [0, 0.05) is 17.3 Å². The zero-order valence-electron chi connectivity index (χ0n) is 11.1. The molecule has 0 bridgehead atoms. The molecule has 0 spiro atoms. The molecule has 0 radical (unpaired) electrons. The third-order valence-corrected chi connectivity index (χ3v) is 3.01. The van der Waals surface area contributed by atoms with Crippen LogP contribution in [-0.4, -0.2) is 33.0 Å². The number of nitrogen functional groups attached to an aromatic ring is 1. The summed E-state index contributed by atoms with van der Waals surface area (Å²) in [7, 11) is 0. The topological polar surface area (TPSA) is 138 Å². The molecule has 7 nitrogen and oxygen atoms in total. The number of phenolic OH excluding ortho intramolecular Hbond substituents is 1. The Bertz CT molecular complexity index is 797. The van der Waals surface area contributed by atoms with Crippen LogP contribution in [0.15, 0.2) is 36.4 Å². The van der Waals surface area contributed by atoms with Crippen molar-refractivity contribution in [1.82, 2.24) is 0 Å². The molecule has 2 aromatic rings. The SMILES string of the molecule is Nc1ccc(C(=O)c2ccc(C(=O)O)cc2C(=O)O)c(O)c1. The number of phenols is 1. The first-order valence-corrected chi connectivity index (χ1v) is 6.05. The van der Waals surface area contributed by atoms with Crippen molar-refractivity contribution in [2.45, 2.75) is 0 Å². The van der Waals surface area contributed by atoms with Gasteiger partial charge in [-0.3, -0.25) is 4.79 Å². The van der Waals surface area contributed by atoms with Crippen molar-refractivity contribution in [2.24, 2.45) is 0 Å². The van der Waals surface area contributed by atoms with Gasteiger partial charge in [0.15, 0.2) is 5.78 Å². The van der Waals surface area contributed by atoms with Gasteiger partial charge >= 0.3 is 11.9 Å². The first kappa shape index (κ1) is 15.0. The van der Waals surface area contributed by atoms with Crippen molar-refractivity contribution >= 4 is 23.4 Å². The number of aromatic hydroxyl groups is 1. The normalized spacial score (nSPS) is 10.2. The van der Waals surface area contributed by atoms with E-state index in [1.165, 1.54) is 18.2 Å². The molecule has 0 aromatic heterocycles. The van der Waals surface area contributed by atoms with Crippen molar-refractivity contribution < 1.29 is 29.7 Å². The number of nitrogens with two attached hydrogens (primary N) is 1. The predicted octanol–water partition coefficient (Wildman–Crippen LogP) is 1.60. The number of hydrogen-bond acceptors (Lipinski definition) is 5. The van der Waals surface area contributed by atoms with E-state index in [0.717, 1.165) is 18.2 Å². The van der Waals surface area contributed by atoms with E-state index in [2.05, 4.69) is 0 Å². The molecule has 2 rings (SSSR count). The van der Waals surface area contributed by atoms with E-state index in [0.29, 0.717) is 0 Å². The fraction of sp³-hybridized carbons (Fsp3) is 0. The lowest BCUT2D eigenvalue weighted by Gasteiger charge is -2.08. The number of carboxylic acids is 2. The third kappa shape index (κ3) is 2.73. The molecule has 0 saturated carbocycles. The standard InChI is InChI=1S/C15H11NO6/c16-8-2-4-10(12(17)6-8)13(18)9-3-1-7(14(19)20)5-11(9)15(21)22/h1-6,17H,16H2,(H,19,20)(H,21,22). The summed E-state index contributed by atoms with van der Waals surface area (Å²) in [6.45, 7) is 0. The van der Waals surface area contributed by atoms with Crippen LogP contribution in [0.4, 0.5) is 5.69 Å². The van der Waals surface area contributed by atoms with Crippen LogP contribution >= 0.6 is 0 Å². The van der Waals surface area contributed by atoms with Crippen LogP contribution in [0.25, 0.3) is 0 Å². The Morgan fingerprint density at radius 3 is 2.00 bits per heavy atom. The highest BCUT2D eigenvalue weighted by Crippen LogP contribution is 2.25. The maximum Gasteiger partial charge on any atom is 0.336 e. The lowest BCUT2D eigenvalue weighted by Crippen LogP contribution is -2.12. The molecule has 7 heteroatoms. The molecule has 22 heavy (non-hydrogen) atoms. The number of hydrogen-bond donors (Lipinski definition) is 4. The molecule has 0 amide bonds. The fourth-order valence-corrected chi connectivity index (χ4v) is 1.94. The Morgan fingerprint density at radius 1 is 0.818 bits per heavy atom. The quantitative estimate of drug-likeness (QED) is 0.497. The molecule has 2 aromatic carbocycles. The highest BCUT2D eigenvalue weighted by atomic mass is 16.4. The van der Waals surface area contributed by atoms with Crippen LogP contribution in [0.2, 0.25) is 0 Å². The number of anilines is 1. The first-order valence-electron chi connectivity index (χ1n) is 6.05. The summed E-state index contributed by atoms with van der Waals surface area (Å²) in [4.78, 5) is 34.5. The van der Waals surface area contributed by atoms with Crippen molar-refractivity contribution in [1.29, 1.82) is 0 Å². The molecule has 0 heterocycles. The summed E-state index contributed by atoms with van der Waals surface area (Å²) in [5, 5.41) is 27.8. The van der Waals surface area contributed by atoms with E-state index in [4.69, 9.17) is 15.9 Å². The number of carboxylic acid groups (broad SMARTS) is 2. The van der Waals surface area contributed by atoms with Crippen LogP contribution in [0.1, 0.15) is 36.6 Å². The van der Waals surface area contributed by atoms with Crippen molar-refractivity contribution in [3.63, 3.8) is 0 Å². The molecule has 0 aliphatic heterocycles. The second kappa shape index (κ2) is 5.57. The first-order chi connectivity index (χ1) is 10.3. The fourth-order valence-electron chi connectivity index (χ4n) is 1.94. The average molecular weight is 301 g/mol. The van der Waals surface area contributed by atoms with Crippen molar-refractivity contribution in [2.75, 3.05) is 5.73 Å². The minimum absolute atomic E-state index is 0.125. The van der Waals surface area contributed by atoms with Gasteiger partial charge in [-0.25, -0.2) is 9.59 Å². The summed E-state index contributed by atoms with van der Waals surface area (Å²) in [5.41, 5.74) is 4.65. The molecule has 5 N–H and O–H groups in total. The van der Waals surface area contributed by atoms with Gasteiger partial charge in [0.2, 0.25) is 0 Å². The third-order valence-electron chi connectivity index (χ3n) is 3.01. The summed E-state index contributed by atoms with van der Waals surface area (Å²) in [5.74, 6) is -3.88. The van der Waals surface area contributed by atoms with Gasteiger partial charge in [-0.2, -0.15) is 0 Å². The van der Waals surface area contributed by atoms with E-state index in [1.807, 2.05) is 0 Å². The van der Waals surface area contributed by atoms with Gasteiger partial charge in [0.25, 0.3) is 0 Å². The molecule has 112 valence electrons. The second-order valence-electron chi connectivity index (χ2n) is 4.48. The molecule has 0 aliphatic rings. The Kier molecular flexibility index (Phi) is 3.81. The van der Waals surface area contributed by atoms with E-state index in [9.17, 15) is 19.5 Å². The Balaban J connectivity index is 2.58. The molecule has 0 aliphatic carbocycles. The van der Waals surface area contributed by atoms with Crippen LogP contribution in [-0.2, 0) is 0 Å². The van der Waals surface area contributed by atoms with E-state index in [1.54, 1.807) is 0 Å². The predicted molar refractivity (Wildman–Crippen MR) is 76.3 cm³/mol. The summed E-state index contributed by atoms with van der Waals surface area (Å²) in [6.07, 6.45) is 0. The molecule has 0 saturated heterocycles. The van der Waals surface area contributed by atoms with Gasteiger partial charge in [-0.1, -0.05) is 0 Å². The minimum Gasteiger partial charge on any atom is -0.507 e. The van der Waals surface area contributed by atoms with E-state index in [-0.39, 0.29) is 28.1 Å². The summed E-state index contributed by atoms with van der Waals surface area (Å²) in [6, 6.07) is 6.94. The van der Waals surface area contributed by atoms with Gasteiger partial charge in [0.1, 0.15) is 5.75 Å². The van der Waals surface area contributed by atoms with Crippen LogP contribution in [0.3, 0.4) is 0 Å². The molecule has 0 unspecified atom stereocenters. The van der Waals surface area contributed by atoms with Gasteiger partial charge < -0.3 is 21.1 Å².